The van der Waals surface area contributed by atoms with Gasteiger partial charge in [-0.2, -0.15) is 0 Å². The van der Waals surface area contributed by atoms with Crippen LogP contribution in [0.2, 0.25) is 0 Å². The normalized spacial score (nSPS) is 11.0. The summed E-state index contributed by atoms with van der Waals surface area (Å²) in [5, 5.41) is 7.56. The van der Waals surface area contributed by atoms with Crippen LogP contribution in [0.5, 0.6) is 0 Å². The Balaban J connectivity index is 1.65. The van der Waals surface area contributed by atoms with Gasteiger partial charge in [-0.05, 0) is 39.0 Å². The Morgan fingerprint density at radius 2 is 2.00 bits per heavy atom. The minimum atomic E-state index is -0.287. The number of hydrogen-bond donors (Lipinski definition) is 2. The topological polar surface area (TPSA) is 96.7 Å². The van der Waals surface area contributed by atoms with Crippen LogP contribution in [0.1, 0.15) is 27.5 Å². The third kappa shape index (κ3) is 2.83. The number of H-pyrrole nitrogens is 1. The van der Waals surface area contributed by atoms with Gasteiger partial charge in [-0.15, -0.1) is 0 Å². The number of carbonyl (C=O) groups is 1. The van der Waals surface area contributed by atoms with Gasteiger partial charge in [0.1, 0.15) is 17.1 Å². The predicted octanol–water partition coefficient (Wildman–Crippen LogP) is 3.79. The maximum atomic E-state index is 12.4. The minimum Gasteiger partial charge on any atom is -0.361 e. The zero-order valence-corrected chi connectivity index (χ0v) is 14.6. The molecule has 4 heterocycles. The third-order valence-electron chi connectivity index (χ3n) is 4.21. The lowest BCUT2D eigenvalue weighted by molar-refractivity contribution is 0.102. The fourth-order valence-corrected chi connectivity index (χ4v) is 2.95. The van der Waals surface area contributed by atoms with Crippen molar-refractivity contribution in [1.82, 2.24) is 20.1 Å². The van der Waals surface area contributed by atoms with Crippen LogP contribution in [0, 0.1) is 20.8 Å². The van der Waals surface area contributed by atoms with Crippen molar-refractivity contribution >= 4 is 22.6 Å². The Kier molecular flexibility index (Phi) is 3.76. The Morgan fingerprint density at radius 3 is 2.73 bits per heavy atom. The maximum absolute atomic E-state index is 12.4. The highest BCUT2D eigenvalue weighted by Gasteiger charge is 2.18. The van der Waals surface area contributed by atoms with Crippen LogP contribution < -0.4 is 5.32 Å². The SMILES string of the molecule is Cc1cc(-c2cc3cnc(NC(=O)c4c(C)noc4C)cc3[nH]2)ccn1. The number of anilines is 1. The average molecular weight is 347 g/mol. The molecule has 0 aliphatic heterocycles. The molecule has 7 nitrogen and oxygen atoms in total. The highest BCUT2D eigenvalue weighted by molar-refractivity contribution is 6.05. The number of aromatic nitrogens is 4. The molecular formula is C19H17N5O2. The monoisotopic (exact) mass is 347 g/mol. The largest absolute Gasteiger partial charge is 0.361 e. The van der Waals surface area contributed by atoms with Gasteiger partial charge in [0.25, 0.3) is 5.91 Å². The first-order valence-electron chi connectivity index (χ1n) is 8.17. The van der Waals surface area contributed by atoms with Gasteiger partial charge < -0.3 is 14.8 Å². The summed E-state index contributed by atoms with van der Waals surface area (Å²) < 4.78 is 5.04. The van der Waals surface area contributed by atoms with Crippen molar-refractivity contribution in [2.45, 2.75) is 20.8 Å². The number of amides is 1. The molecule has 0 bridgehead atoms. The second kappa shape index (κ2) is 6.11. The second-order valence-corrected chi connectivity index (χ2v) is 6.18. The first-order chi connectivity index (χ1) is 12.5. The highest BCUT2D eigenvalue weighted by Crippen LogP contribution is 2.25. The van der Waals surface area contributed by atoms with Crippen LogP contribution in [0.25, 0.3) is 22.2 Å². The number of aromatic amines is 1. The molecule has 0 fully saturated rings. The molecule has 0 spiro atoms. The van der Waals surface area contributed by atoms with E-state index in [1.165, 1.54) is 0 Å². The third-order valence-corrected chi connectivity index (χ3v) is 4.21. The molecule has 0 unspecified atom stereocenters. The molecule has 0 aliphatic rings. The lowest BCUT2D eigenvalue weighted by atomic mass is 10.1. The van der Waals surface area contributed by atoms with E-state index in [0.717, 1.165) is 27.9 Å². The summed E-state index contributed by atoms with van der Waals surface area (Å²) in [6, 6.07) is 7.80. The van der Waals surface area contributed by atoms with Crippen LogP contribution in [0.3, 0.4) is 0 Å². The number of nitrogens with zero attached hydrogens (tertiary/aromatic N) is 3. The van der Waals surface area contributed by atoms with Crippen LogP contribution in [0.15, 0.2) is 41.2 Å². The smallest absolute Gasteiger partial charge is 0.262 e. The van der Waals surface area contributed by atoms with Crippen LogP contribution >= 0.6 is 0 Å². The Bertz CT molecular complexity index is 1110. The molecule has 7 heteroatoms. The molecule has 0 aromatic carbocycles. The molecule has 4 rings (SSSR count). The van der Waals surface area contributed by atoms with E-state index in [1.54, 1.807) is 26.2 Å². The molecule has 0 saturated carbocycles. The number of hydrogen-bond acceptors (Lipinski definition) is 5. The molecule has 4 aromatic heterocycles. The summed E-state index contributed by atoms with van der Waals surface area (Å²) in [6.07, 6.45) is 3.51. The van der Waals surface area contributed by atoms with Crippen molar-refractivity contribution < 1.29 is 9.32 Å². The number of nitrogens with one attached hydrogen (secondary N) is 2. The standard InChI is InChI=1S/C19H17N5O2/c1-10-6-13(4-5-20-10)15-7-14-9-21-17(8-16(14)22-15)23-19(25)18-11(2)24-26-12(18)3/h4-9,22H,1-3H3,(H,21,23,25). The summed E-state index contributed by atoms with van der Waals surface area (Å²) in [4.78, 5) is 24.4. The van der Waals surface area contributed by atoms with Gasteiger partial charge >= 0.3 is 0 Å². The van der Waals surface area contributed by atoms with Crippen molar-refractivity contribution in [3.8, 4) is 11.3 Å². The second-order valence-electron chi connectivity index (χ2n) is 6.18. The molecule has 4 aromatic rings. The fraction of sp³-hybridized carbons (Fsp3) is 0.158. The number of fused-ring (bicyclic) bond motifs is 1. The quantitative estimate of drug-likeness (QED) is 0.588. The van der Waals surface area contributed by atoms with Crippen LogP contribution in [0.4, 0.5) is 5.82 Å². The first kappa shape index (κ1) is 16.0. The predicted molar refractivity (Wildman–Crippen MR) is 98.0 cm³/mol. The first-order valence-corrected chi connectivity index (χ1v) is 8.17. The molecule has 1 amide bonds. The van der Waals surface area contributed by atoms with E-state index in [0.29, 0.717) is 22.8 Å². The molecule has 0 atom stereocenters. The van der Waals surface area contributed by atoms with Gasteiger partial charge in [-0.1, -0.05) is 5.16 Å². The molecular weight excluding hydrogens is 330 g/mol. The van der Waals surface area contributed by atoms with E-state index < -0.39 is 0 Å². The molecule has 130 valence electrons. The summed E-state index contributed by atoms with van der Waals surface area (Å²) in [5.74, 6) is 0.655. The van der Waals surface area contributed by atoms with E-state index in [9.17, 15) is 4.79 Å². The average Bonchev–Trinajstić information content (AvgIpc) is 3.17. The van der Waals surface area contributed by atoms with Crippen molar-refractivity contribution in [2.24, 2.45) is 0 Å². The van der Waals surface area contributed by atoms with Gasteiger partial charge in [0.15, 0.2) is 0 Å². The van der Waals surface area contributed by atoms with Crippen molar-refractivity contribution in [1.29, 1.82) is 0 Å². The lowest BCUT2D eigenvalue weighted by Crippen LogP contribution is -2.14. The van der Waals surface area contributed by atoms with E-state index in [1.807, 2.05) is 31.2 Å². The lowest BCUT2D eigenvalue weighted by Gasteiger charge is -2.03. The van der Waals surface area contributed by atoms with Gasteiger partial charge in [-0.3, -0.25) is 9.78 Å². The van der Waals surface area contributed by atoms with Crippen molar-refractivity contribution in [2.75, 3.05) is 5.32 Å². The number of carbonyl (C=O) groups excluding carboxylic acids is 1. The van der Waals surface area contributed by atoms with Gasteiger partial charge in [-0.25, -0.2) is 4.98 Å². The Labute approximate surface area is 149 Å². The van der Waals surface area contributed by atoms with Gasteiger partial charge in [0, 0.05) is 40.8 Å². The molecule has 0 aliphatic carbocycles. The summed E-state index contributed by atoms with van der Waals surface area (Å²) >= 11 is 0. The van der Waals surface area contributed by atoms with E-state index in [4.69, 9.17) is 4.52 Å². The zero-order valence-electron chi connectivity index (χ0n) is 14.6. The summed E-state index contributed by atoms with van der Waals surface area (Å²) in [7, 11) is 0. The van der Waals surface area contributed by atoms with Crippen LogP contribution in [-0.4, -0.2) is 26.0 Å². The van der Waals surface area contributed by atoms with E-state index in [-0.39, 0.29) is 5.91 Å². The Morgan fingerprint density at radius 1 is 1.15 bits per heavy atom. The molecule has 2 N–H and O–H groups in total. The summed E-state index contributed by atoms with van der Waals surface area (Å²) in [5.41, 5.74) is 4.85. The molecule has 0 radical (unpaired) electrons. The van der Waals surface area contributed by atoms with E-state index >= 15 is 0 Å². The number of rotatable bonds is 3. The summed E-state index contributed by atoms with van der Waals surface area (Å²) in [6.45, 7) is 5.39. The van der Waals surface area contributed by atoms with E-state index in [2.05, 4.69) is 25.4 Å². The fourth-order valence-electron chi connectivity index (χ4n) is 2.95. The number of pyridine rings is 2. The zero-order chi connectivity index (χ0) is 18.3. The van der Waals surface area contributed by atoms with Crippen molar-refractivity contribution in [3.05, 3.63) is 59.4 Å². The highest BCUT2D eigenvalue weighted by atomic mass is 16.5. The van der Waals surface area contributed by atoms with Gasteiger partial charge in [0.05, 0.1) is 11.2 Å². The number of aryl methyl sites for hydroxylation is 3. The van der Waals surface area contributed by atoms with Crippen molar-refractivity contribution in [3.63, 3.8) is 0 Å². The minimum absolute atomic E-state index is 0.287. The molecule has 0 saturated heterocycles. The van der Waals surface area contributed by atoms with Crippen LogP contribution in [-0.2, 0) is 0 Å². The molecule has 26 heavy (non-hydrogen) atoms. The van der Waals surface area contributed by atoms with Gasteiger partial charge in [0.2, 0.25) is 0 Å². The maximum Gasteiger partial charge on any atom is 0.262 e. The Hall–Kier alpha value is -3.48.